The highest BCUT2D eigenvalue weighted by molar-refractivity contribution is 6.02. The summed E-state index contributed by atoms with van der Waals surface area (Å²) in [5.74, 6) is 1.68. The number of nitrogens with zero attached hydrogens (tertiary/aromatic N) is 2. The molecule has 0 saturated heterocycles. The molecule has 2 aromatic carbocycles. The summed E-state index contributed by atoms with van der Waals surface area (Å²) in [7, 11) is 1.99. The van der Waals surface area contributed by atoms with Gasteiger partial charge in [0.1, 0.15) is 12.4 Å². The first-order valence-corrected chi connectivity index (χ1v) is 10.3. The number of carbonyl (C=O) groups is 1. The Morgan fingerprint density at radius 2 is 1.84 bits per heavy atom. The summed E-state index contributed by atoms with van der Waals surface area (Å²) in [4.78, 5) is 18.8. The molecule has 0 aliphatic carbocycles. The van der Waals surface area contributed by atoms with E-state index >= 15 is 0 Å². The molecule has 0 atom stereocenters. The smallest absolute Gasteiger partial charge is 0.291 e. The van der Waals surface area contributed by atoms with Gasteiger partial charge in [0.2, 0.25) is 0 Å². The highest BCUT2D eigenvalue weighted by Crippen LogP contribution is 2.13. The number of hydrogen-bond acceptors (Lipinski definition) is 4. The molecule has 1 aromatic heterocycles. The quantitative estimate of drug-likeness (QED) is 0.404. The van der Waals surface area contributed by atoms with Crippen molar-refractivity contribution in [1.82, 2.24) is 10.2 Å². The van der Waals surface area contributed by atoms with Gasteiger partial charge >= 0.3 is 0 Å². The number of para-hydroxylation sites is 1. The third kappa shape index (κ3) is 6.92. The van der Waals surface area contributed by atoms with E-state index in [4.69, 9.17) is 14.1 Å². The summed E-state index contributed by atoms with van der Waals surface area (Å²) in [5, 5.41) is 6.12. The number of aliphatic imine (C=N–C) groups is 1. The molecule has 2 N–H and O–H groups in total. The summed E-state index contributed by atoms with van der Waals surface area (Å²) in [5.41, 5.74) is 1.75. The van der Waals surface area contributed by atoms with Crippen LogP contribution in [0.2, 0.25) is 0 Å². The molecule has 1 amide bonds. The van der Waals surface area contributed by atoms with Gasteiger partial charge in [-0.15, -0.1) is 0 Å². The van der Waals surface area contributed by atoms with E-state index < -0.39 is 0 Å². The average molecular weight is 421 g/mol. The molecule has 7 nitrogen and oxygen atoms in total. The van der Waals surface area contributed by atoms with Crippen LogP contribution in [0.15, 0.2) is 82.4 Å². The molecule has 31 heavy (non-hydrogen) atoms. The zero-order chi connectivity index (χ0) is 21.9. The molecular formula is C24H28N4O3. The van der Waals surface area contributed by atoms with Crippen molar-refractivity contribution in [1.29, 1.82) is 0 Å². The van der Waals surface area contributed by atoms with Gasteiger partial charge in [0, 0.05) is 19.3 Å². The number of nitrogens with one attached hydrogen (secondary N) is 2. The Morgan fingerprint density at radius 3 is 2.52 bits per heavy atom. The molecule has 0 radical (unpaired) electrons. The minimum Gasteiger partial charge on any atom is -0.492 e. The van der Waals surface area contributed by atoms with E-state index in [-0.39, 0.29) is 11.7 Å². The van der Waals surface area contributed by atoms with Gasteiger partial charge in [0.05, 0.1) is 19.4 Å². The predicted molar refractivity (Wildman–Crippen MR) is 122 cm³/mol. The molecule has 162 valence electrons. The lowest BCUT2D eigenvalue weighted by Gasteiger charge is -2.22. The van der Waals surface area contributed by atoms with E-state index in [2.05, 4.69) is 10.6 Å². The number of amides is 1. The number of likely N-dealkylation sites (N-methyl/N-ethyl adjacent to an activating group) is 1. The van der Waals surface area contributed by atoms with Crippen LogP contribution < -0.4 is 15.4 Å². The van der Waals surface area contributed by atoms with Gasteiger partial charge < -0.3 is 24.7 Å². The van der Waals surface area contributed by atoms with Gasteiger partial charge in [-0.25, -0.2) is 4.99 Å². The SMILES string of the molecule is CCNC(=NCc1ccc(NC(=O)c2ccco2)cc1)N(C)CCOc1ccccc1. The first-order valence-electron chi connectivity index (χ1n) is 10.3. The second-order valence-corrected chi connectivity index (χ2v) is 6.88. The van der Waals surface area contributed by atoms with Crippen LogP contribution in [0.5, 0.6) is 5.75 Å². The van der Waals surface area contributed by atoms with Crippen molar-refractivity contribution in [2.24, 2.45) is 4.99 Å². The Bertz CT molecular complexity index is 954. The van der Waals surface area contributed by atoms with Gasteiger partial charge in [0.15, 0.2) is 11.7 Å². The normalized spacial score (nSPS) is 11.1. The Balaban J connectivity index is 1.52. The van der Waals surface area contributed by atoms with Crippen LogP contribution in [0.3, 0.4) is 0 Å². The molecule has 3 aromatic rings. The second kappa shape index (κ2) is 11.4. The Labute approximate surface area is 182 Å². The van der Waals surface area contributed by atoms with Gasteiger partial charge in [-0.3, -0.25) is 4.79 Å². The summed E-state index contributed by atoms with van der Waals surface area (Å²) < 4.78 is 10.9. The number of rotatable bonds is 9. The average Bonchev–Trinajstić information content (AvgIpc) is 3.33. The Hall–Kier alpha value is -3.74. The molecule has 0 fully saturated rings. The van der Waals surface area contributed by atoms with Crippen molar-refractivity contribution in [3.63, 3.8) is 0 Å². The molecule has 7 heteroatoms. The molecule has 3 rings (SSSR count). The number of carbonyl (C=O) groups excluding carboxylic acids is 1. The van der Waals surface area contributed by atoms with E-state index in [0.29, 0.717) is 25.4 Å². The standard InChI is InChI=1S/C24H28N4O3/c1-3-25-24(28(2)15-17-30-21-8-5-4-6-9-21)26-18-19-11-13-20(14-12-19)27-23(29)22-10-7-16-31-22/h4-14,16H,3,15,17-18H2,1-2H3,(H,25,26)(H,27,29). The van der Waals surface area contributed by atoms with E-state index in [1.807, 2.05) is 73.5 Å². The molecule has 0 bridgehead atoms. The molecule has 0 spiro atoms. The number of guanidine groups is 1. The fourth-order valence-electron chi connectivity index (χ4n) is 2.85. The van der Waals surface area contributed by atoms with Crippen LogP contribution >= 0.6 is 0 Å². The van der Waals surface area contributed by atoms with Crippen LogP contribution in [-0.4, -0.2) is 43.5 Å². The van der Waals surface area contributed by atoms with Crippen molar-refractivity contribution in [2.45, 2.75) is 13.5 Å². The molecular weight excluding hydrogens is 392 g/mol. The Morgan fingerprint density at radius 1 is 1.06 bits per heavy atom. The summed E-state index contributed by atoms with van der Waals surface area (Å²) in [6.45, 7) is 4.62. The van der Waals surface area contributed by atoms with Gasteiger partial charge in [-0.05, 0) is 48.9 Å². The lowest BCUT2D eigenvalue weighted by Crippen LogP contribution is -2.40. The maximum atomic E-state index is 12.0. The summed E-state index contributed by atoms with van der Waals surface area (Å²) >= 11 is 0. The molecule has 1 heterocycles. The van der Waals surface area contributed by atoms with Crippen molar-refractivity contribution in [2.75, 3.05) is 32.1 Å². The van der Waals surface area contributed by atoms with Crippen LogP contribution in [0.25, 0.3) is 0 Å². The van der Waals surface area contributed by atoms with Gasteiger partial charge in [-0.2, -0.15) is 0 Å². The van der Waals surface area contributed by atoms with Crippen molar-refractivity contribution >= 4 is 17.6 Å². The fourth-order valence-corrected chi connectivity index (χ4v) is 2.85. The number of furan rings is 1. The maximum absolute atomic E-state index is 12.0. The zero-order valence-corrected chi connectivity index (χ0v) is 17.9. The van der Waals surface area contributed by atoms with Gasteiger partial charge in [-0.1, -0.05) is 30.3 Å². The van der Waals surface area contributed by atoms with E-state index in [1.54, 1.807) is 12.1 Å². The topological polar surface area (TPSA) is 79.1 Å². The lowest BCUT2D eigenvalue weighted by molar-refractivity contribution is 0.0996. The zero-order valence-electron chi connectivity index (χ0n) is 17.9. The minimum absolute atomic E-state index is 0.274. The summed E-state index contributed by atoms with van der Waals surface area (Å²) in [6, 6.07) is 20.7. The van der Waals surface area contributed by atoms with Crippen LogP contribution in [0, 0.1) is 0 Å². The van der Waals surface area contributed by atoms with E-state index in [0.717, 1.165) is 23.8 Å². The third-order valence-electron chi connectivity index (χ3n) is 4.50. The number of hydrogen-bond donors (Lipinski definition) is 2. The number of benzene rings is 2. The highest BCUT2D eigenvalue weighted by Gasteiger charge is 2.09. The van der Waals surface area contributed by atoms with Crippen molar-refractivity contribution in [3.8, 4) is 5.75 Å². The largest absolute Gasteiger partial charge is 0.492 e. The minimum atomic E-state index is -0.274. The third-order valence-corrected chi connectivity index (χ3v) is 4.50. The number of ether oxygens (including phenoxy) is 1. The van der Waals surface area contributed by atoms with Gasteiger partial charge in [0.25, 0.3) is 5.91 Å². The van der Waals surface area contributed by atoms with Crippen LogP contribution in [0.4, 0.5) is 5.69 Å². The first-order chi connectivity index (χ1) is 15.2. The van der Waals surface area contributed by atoms with Crippen molar-refractivity contribution < 1.29 is 13.9 Å². The predicted octanol–water partition coefficient (Wildman–Crippen LogP) is 4.01. The van der Waals surface area contributed by atoms with E-state index in [9.17, 15) is 4.79 Å². The molecule has 0 unspecified atom stereocenters. The summed E-state index contributed by atoms with van der Waals surface area (Å²) in [6.07, 6.45) is 1.47. The second-order valence-electron chi connectivity index (χ2n) is 6.88. The molecule has 0 aliphatic rings. The van der Waals surface area contributed by atoms with Crippen LogP contribution in [0.1, 0.15) is 23.0 Å². The first kappa shape index (κ1) is 22.0. The molecule has 0 saturated carbocycles. The fraction of sp³-hybridized carbons (Fsp3) is 0.250. The highest BCUT2D eigenvalue weighted by atomic mass is 16.5. The molecule has 0 aliphatic heterocycles. The van der Waals surface area contributed by atoms with Crippen molar-refractivity contribution in [3.05, 3.63) is 84.3 Å². The number of anilines is 1. The monoisotopic (exact) mass is 420 g/mol. The maximum Gasteiger partial charge on any atom is 0.291 e. The van der Waals surface area contributed by atoms with E-state index in [1.165, 1.54) is 6.26 Å². The lowest BCUT2D eigenvalue weighted by atomic mass is 10.2. The van der Waals surface area contributed by atoms with Crippen LogP contribution in [-0.2, 0) is 6.54 Å². The Kier molecular flexibility index (Phi) is 8.11.